The standard InChI is InChI=1S/C30H58/c1-2-4-6-8-10-13-17-21-25-29(26-22-18-14-11-9-7-5-3-1)30-27-23-19-15-12-16-20-24-28-30/h29-30H,1-28H2. The fourth-order valence-corrected chi connectivity index (χ4v) is 6.39. The molecule has 2 saturated carbocycles. The van der Waals surface area contributed by atoms with Gasteiger partial charge in [0.05, 0.1) is 0 Å². The molecule has 2 aliphatic rings. The number of rotatable bonds is 1. The molecule has 0 nitrogen and oxygen atoms in total. The fraction of sp³-hybridized carbons (Fsp3) is 1.00. The van der Waals surface area contributed by atoms with Gasteiger partial charge in [0.15, 0.2) is 0 Å². The molecule has 2 rings (SSSR count). The zero-order valence-corrected chi connectivity index (χ0v) is 21.0. The monoisotopic (exact) mass is 418 g/mol. The van der Waals surface area contributed by atoms with E-state index in [4.69, 9.17) is 0 Å². The van der Waals surface area contributed by atoms with Gasteiger partial charge in [0.25, 0.3) is 0 Å². The van der Waals surface area contributed by atoms with Crippen LogP contribution in [-0.4, -0.2) is 0 Å². The minimum absolute atomic E-state index is 1.06. The van der Waals surface area contributed by atoms with Gasteiger partial charge in [-0.2, -0.15) is 0 Å². The second-order valence-corrected chi connectivity index (χ2v) is 11.2. The Balaban J connectivity index is 1.76. The van der Waals surface area contributed by atoms with Crippen molar-refractivity contribution in [2.45, 2.75) is 180 Å². The van der Waals surface area contributed by atoms with Crippen molar-refractivity contribution < 1.29 is 0 Å². The molecule has 0 heterocycles. The molecule has 0 N–H and O–H groups in total. The summed E-state index contributed by atoms with van der Waals surface area (Å²) in [6, 6.07) is 0. The Kier molecular flexibility index (Phi) is 17.2. The quantitative estimate of drug-likeness (QED) is 0.397. The summed E-state index contributed by atoms with van der Waals surface area (Å²) in [5.74, 6) is 2.14. The summed E-state index contributed by atoms with van der Waals surface area (Å²) in [6.07, 6.45) is 42.5. The lowest BCUT2D eigenvalue weighted by Crippen LogP contribution is -2.16. The van der Waals surface area contributed by atoms with E-state index in [-0.39, 0.29) is 0 Å². The minimum atomic E-state index is 1.06. The lowest BCUT2D eigenvalue weighted by Gasteiger charge is -2.28. The van der Waals surface area contributed by atoms with Crippen LogP contribution in [0.5, 0.6) is 0 Å². The van der Waals surface area contributed by atoms with Gasteiger partial charge in [0, 0.05) is 0 Å². The van der Waals surface area contributed by atoms with Crippen LogP contribution in [0.3, 0.4) is 0 Å². The van der Waals surface area contributed by atoms with E-state index in [1.165, 1.54) is 154 Å². The molecule has 0 aromatic carbocycles. The van der Waals surface area contributed by atoms with E-state index >= 15 is 0 Å². The van der Waals surface area contributed by atoms with Crippen LogP contribution in [0.2, 0.25) is 0 Å². The minimum Gasteiger partial charge on any atom is -0.0533 e. The van der Waals surface area contributed by atoms with Crippen LogP contribution in [0.4, 0.5) is 0 Å². The third-order valence-electron chi connectivity index (χ3n) is 8.47. The summed E-state index contributed by atoms with van der Waals surface area (Å²) < 4.78 is 0. The summed E-state index contributed by atoms with van der Waals surface area (Å²) in [6.45, 7) is 0. The maximum atomic E-state index is 1.56. The van der Waals surface area contributed by atoms with E-state index in [0.29, 0.717) is 0 Å². The first-order valence-corrected chi connectivity index (χ1v) is 15.0. The lowest BCUT2D eigenvalue weighted by atomic mass is 9.77. The highest BCUT2D eigenvalue weighted by Crippen LogP contribution is 2.34. The van der Waals surface area contributed by atoms with E-state index in [9.17, 15) is 0 Å². The van der Waals surface area contributed by atoms with Gasteiger partial charge < -0.3 is 0 Å². The lowest BCUT2D eigenvalue weighted by molar-refractivity contribution is 0.233. The fourth-order valence-electron chi connectivity index (χ4n) is 6.39. The Labute approximate surface area is 191 Å². The van der Waals surface area contributed by atoms with Crippen molar-refractivity contribution in [1.82, 2.24) is 0 Å². The topological polar surface area (TPSA) is 0 Å². The van der Waals surface area contributed by atoms with Crippen LogP contribution in [0.25, 0.3) is 0 Å². The van der Waals surface area contributed by atoms with Gasteiger partial charge >= 0.3 is 0 Å². The third-order valence-corrected chi connectivity index (χ3v) is 8.47. The number of hydrogen-bond donors (Lipinski definition) is 0. The van der Waals surface area contributed by atoms with Crippen LogP contribution in [0, 0.1) is 11.8 Å². The SMILES string of the molecule is C1CCCCCCCCCC(C2CCCCCCCCC2)CCCCCCCCC1. The zero-order valence-electron chi connectivity index (χ0n) is 21.0. The van der Waals surface area contributed by atoms with Crippen LogP contribution >= 0.6 is 0 Å². The summed E-state index contributed by atoms with van der Waals surface area (Å²) in [5, 5.41) is 0. The predicted octanol–water partition coefficient (Wildman–Crippen LogP) is 11.2. The molecular formula is C30H58. The molecular weight excluding hydrogens is 360 g/mol. The number of hydrogen-bond acceptors (Lipinski definition) is 0. The molecule has 0 aromatic heterocycles. The predicted molar refractivity (Wildman–Crippen MR) is 136 cm³/mol. The molecule has 2 aliphatic carbocycles. The first-order chi connectivity index (χ1) is 15.0. The second-order valence-electron chi connectivity index (χ2n) is 11.2. The average Bonchev–Trinajstić information content (AvgIpc) is 2.77. The van der Waals surface area contributed by atoms with E-state index in [1.54, 1.807) is 25.7 Å². The molecule has 0 atom stereocenters. The van der Waals surface area contributed by atoms with Crippen molar-refractivity contribution >= 4 is 0 Å². The molecule has 0 amide bonds. The highest BCUT2D eigenvalue weighted by atomic mass is 14.3. The summed E-state index contributed by atoms with van der Waals surface area (Å²) >= 11 is 0. The Morgan fingerprint density at radius 3 is 0.467 bits per heavy atom. The van der Waals surface area contributed by atoms with Crippen molar-refractivity contribution in [3.8, 4) is 0 Å². The highest BCUT2D eigenvalue weighted by Gasteiger charge is 2.21. The normalized spacial score (nSPS) is 26.0. The van der Waals surface area contributed by atoms with Gasteiger partial charge in [0.1, 0.15) is 0 Å². The zero-order chi connectivity index (χ0) is 21.0. The van der Waals surface area contributed by atoms with Crippen LogP contribution < -0.4 is 0 Å². The van der Waals surface area contributed by atoms with Gasteiger partial charge in [-0.25, -0.2) is 0 Å². The molecule has 0 bridgehead atoms. The molecule has 0 spiro atoms. The molecule has 2 fully saturated rings. The molecule has 0 unspecified atom stereocenters. The second kappa shape index (κ2) is 19.7. The molecule has 0 aliphatic heterocycles. The van der Waals surface area contributed by atoms with Crippen LogP contribution in [0.1, 0.15) is 180 Å². The maximum Gasteiger partial charge on any atom is -0.0386 e. The Morgan fingerprint density at radius 2 is 0.300 bits per heavy atom. The first kappa shape index (κ1) is 26.3. The first-order valence-electron chi connectivity index (χ1n) is 15.0. The molecule has 0 aromatic rings. The van der Waals surface area contributed by atoms with Crippen molar-refractivity contribution in [3.05, 3.63) is 0 Å². The van der Waals surface area contributed by atoms with Crippen molar-refractivity contribution in [1.29, 1.82) is 0 Å². The molecule has 30 heavy (non-hydrogen) atoms. The van der Waals surface area contributed by atoms with Gasteiger partial charge in [-0.05, 0) is 11.8 Å². The summed E-state index contributed by atoms with van der Waals surface area (Å²) in [7, 11) is 0. The smallest absolute Gasteiger partial charge is 0.0386 e. The highest BCUT2D eigenvalue weighted by molar-refractivity contribution is 4.73. The largest absolute Gasteiger partial charge is 0.0533 e. The van der Waals surface area contributed by atoms with Gasteiger partial charge in [0.2, 0.25) is 0 Å². The Morgan fingerprint density at radius 1 is 0.167 bits per heavy atom. The van der Waals surface area contributed by atoms with Crippen molar-refractivity contribution in [2.75, 3.05) is 0 Å². The van der Waals surface area contributed by atoms with E-state index in [1.807, 2.05) is 0 Å². The molecule has 178 valence electrons. The Hall–Kier alpha value is 0. The van der Waals surface area contributed by atoms with Crippen molar-refractivity contribution in [2.24, 2.45) is 11.8 Å². The summed E-state index contributed by atoms with van der Waals surface area (Å²) in [5.41, 5.74) is 0. The maximum absolute atomic E-state index is 1.56. The van der Waals surface area contributed by atoms with Crippen LogP contribution in [0.15, 0.2) is 0 Å². The summed E-state index contributed by atoms with van der Waals surface area (Å²) in [4.78, 5) is 0. The van der Waals surface area contributed by atoms with E-state index in [2.05, 4.69) is 0 Å². The molecule has 0 radical (unpaired) electrons. The van der Waals surface area contributed by atoms with Gasteiger partial charge in [-0.1, -0.05) is 180 Å². The Bertz CT molecular complexity index is 316. The van der Waals surface area contributed by atoms with E-state index < -0.39 is 0 Å². The molecule has 0 heteroatoms. The van der Waals surface area contributed by atoms with E-state index in [0.717, 1.165) is 11.8 Å². The molecule has 0 saturated heterocycles. The van der Waals surface area contributed by atoms with Crippen LogP contribution in [-0.2, 0) is 0 Å². The van der Waals surface area contributed by atoms with Gasteiger partial charge in [-0.3, -0.25) is 0 Å². The third kappa shape index (κ3) is 14.1. The average molecular weight is 419 g/mol. The van der Waals surface area contributed by atoms with Crippen molar-refractivity contribution in [3.63, 3.8) is 0 Å². The van der Waals surface area contributed by atoms with Gasteiger partial charge in [-0.15, -0.1) is 0 Å².